The molecule has 0 spiro atoms. The van der Waals surface area contributed by atoms with Crippen molar-refractivity contribution in [1.82, 2.24) is 14.8 Å². The Balaban J connectivity index is 1.90. The quantitative estimate of drug-likeness (QED) is 0.879. The molecule has 8 heteroatoms. The van der Waals surface area contributed by atoms with Gasteiger partial charge in [-0.25, -0.2) is 4.98 Å². The van der Waals surface area contributed by atoms with Crippen molar-refractivity contribution in [1.29, 1.82) is 0 Å². The van der Waals surface area contributed by atoms with Gasteiger partial charge in [-0.3, -0.25) is 14.3 Å². The molecule has 2 N–H and O–H groups in total. The zero-order valence-electron chi connectivity index (χ0n) is 12.1. The molecule has 0 aromatic carbocycles. The maximum absolute atomic E-state index is 11.8. The lowest BCUT2D eigenvalue weighted by molar-refractivity contribution is -0.119. The summed E-state index contributed by atoms with van der Waals surface area (Å²) in [6.07, 6.45) is 1.89. The van der Waals surface area contributed by atoms with Crippen LogP contribution in [0.5, 0.6) is 0 Å². The molecule has 2 rings (SSSR count). The van der Waals surface area contributed by atoms with Crippen molar-refractivity contribution in [2.24, 2.45) is 13.0 Å². The number of thiazole rings is 1. The number of aryl methyl sites for hydroxylation is 1. The topological polar surface area (TPSA) is 88.9 Å². The monoisotopic (exact) mass is 307 g/mol. The van der Waals surface area contributed by atoms with Crippen molar-refractivity contribution in [3.8, 4) is 0 Å². The normalized spacial score (nSPS) is 10.7. The Morgan fingerprint density at radius 1 is 1.38 bits per heavy atom. The Labute approximate surface area is 126 Å². The second-order valence-corrected chi connectivity index (χ2v) is 5.75. The summed E-state index contributed by atoms with van der Waals surface area (Å²) in [6, 6.07) is 1.72. The van der Waals surface area contributed by atoms with Gasteiger partial charge in [-0.1, -0.05) is 13.8 Å². The van der Waals surface area contributed by atoms with Gasteiger partial charge >= 0.3 is 0 Å². The van der Waals surface area contributed by atoms with E-state index >= 15 is 0 Å². The number of amides is 2. The van der Waals surface area contributed by atoms with E-state index in [0.717, 1.165) is 0 Å². The minimum atomic E-state index is -0.194. The zero-order chi connectivity index (χ0) is 15.4. The van der Waals surface area contributed by atoms with Gasteiger partial charge in [-0.2, -0.15) is 5.10 Å². The van der Waals surface area contributed by atoms with Gasteiger partial charge in [-0.05, 0) is 0 Å². The Morgan fingerprint density at radius 3 is 2.76 bits per heavy atom. The predicted octanol–water partition coefficient (Wildman–Crippen LogP) is 1.65. The second-order valence-electron chi connectivity index (χ2n) is 4.89. The van der Waals surface area contributed by atoms with E-state index in [1.54, 1.807) is 29.4 Å². The molecule has 0 radical (unpaired) electrons. The number of hydrogen-bond acceptors (Lipinski definition) is 5. The molecule has 0 aliphatic carbocycles. The van der Waals surface area contributed by atoms with E-state index in [-0.39, 0.29) is 24.2 Å². The van der Waals surface area contributed by atoms with Crippen molar-refractivity contribution in [2.45, 2.75) is 20.3 Å². The van der Waals surface area contributed by atoms with Crippen molar-refractivity contribution in [2.75, 3.05) is 10.6 Å². The first kappa shape index (κ1) is 15.2. The molecule has 2 aromatic rings. The Kier molecular flexibility index (Phi) is 4.69. The molecule has 112 valence electrons. The molecule has 0 aliphatic rings. The van der Waals surface area contributed by atoms with E-state index in [2.05, 4.69) is 20.7 Å². The molecular formula is C13H17N5O2S. The van der Waals surface area contributed by atoms with Crippen LogP contribution in [0, 0.1) is 5.92 Å². The number of aromatic nitrogens is 3. The maximum atomic E-state index is 11.8. The van der Waals surface area contributed by atoms with Crippen molar-refractivity contribution < 1.29 is 9.59 Å². The number of rotatable bonds is 5. The van der Waals surface area contributed by atoms with Gasteiger partial charge in [0.2, 0.25) is 11.8 Å². The average molecular weight is 307 g/mol. The fraction of sp³-hybridized carbons (Fsp3) is 0.385. The highest BCUT2D eigenvalue weighted by Gasteiger charge is 2.12. The molecule has 0 aliphatic heterocycles. The Morgan fingerprint density at radius 2 is 2.14 bits per heavy atom. The number of carbonyl (C=O) groups is 2. The molecule has 0 saturated carbocycles. The maximum Gasteiger partial charge on any atom is 0.231 e. The van der Waals surface area contributed by atoms with Gasteiger partial charge in [-0.15, -0.1) is 11.3 Å². The lowest BCUT2D eigenvalue weighted by Crippen LogP contribution is -2.18. The molecule has 0 unspecified atom stereocenters. The van der Waals surface area contributed by atoms with Gasteiger partial charge in [0.25, 0.3) is 0 Å². The minimum Gasteiger partial charge on any atom is -0.309 e. The molecule has 2 aromatic heterocycles. The lowest BCUT2D eigenvalue weighted by Gasteiger charge is -2.03. The van der Waals surface area contributed by atoms with Crippen LogP contribution < -0.4 is 10.6 Å². The van der Waals surface area contributed by atoms with E-state index in [1.807, 2.05) is 13.8 Å². The summed E-state index contributed by atoms with van der Waals surface area (Å²) in [5.74, 6) is 0.116. The van der Waals surface area contributed by atoms with Crippen molar-refractivity contribution in [3.63, 3.8) is 0 Å². The average Bonchev–Trinajstić information content (AvgIpc) is 2.99. The SMILES string of the molecule is CC(C)C(=O)Nc1nc(CC(=O)Nc2ccn(C)n2)cs1. The molecule has 0 saturated heterocycles. The van der Waals surface area contributed by atoms with E-state index in [9.17, 15) is 9.59 Å². The van der Waals surface area contributed by atoms with Crippen LogP contribution in [0.15, 0.2) is 17.6 Å². The summed E-state index contributed by atoms with van der Waals surface area (Å²) in [4.78, 5) is 27.6. The fourth-order valence-electron chi connectivity index (χ4n) is 1.53. The molecule has 0 atom stereocenters. The van der Waals surface area contributed by atoms with Crippen LogP contribution in [0.4, 0.5) is 10.9 Å². The fourth-order valence-corrected chi connectivity index (χ4v) is 2.24. The molecule has 21 heavy (non-hydrogen) atoms. The van der Waals surface area contributed by atoms with Gasteiger partial charge in [0.15, 0.2) is 10.9 Å². The lowest BCUT2D eigenvalue weighted by atomic mass is 10.2. The largest absolute Gasteiger partial charge is 0.309 e. The standard InChI is InChI=1S/C13H17N5O2S/c1-8(2)12(20)16-13-14-9(7-21-13)6-11(19)15-10-4-5-18(3)17-10/h4-5,7-8H,6H2,1-3H3,(H,14,16,20)(H,15,17,19). The van der Waals surface area contributed by atoms with Crippen molar-refractivity contribution >= 4 is 34.1 Å². The summed E-state index contributed by atoms with van der Waals surface area (Å²) >= 11 is 1.30. The van der Waals surface area contributed by atoms with E-state index in [4.69, 9.17) is 0 Å². The summed E-state index contributed by atoms with van der Waals surface area (Å²) in [5.41, 5.74) is 0.618. The van der Waals surface area contributed by atoms with Crippen molar-refractivity contribution in [3.05, 3.63) is 23.3 Å². The van der Waals surface area contributed by atoms with Gasteiger partial charge in [0, 0.05) is 30.6 Å². The van der Waals surface area contributed by atoms with Crippen LogP contribution in [0.25, 0.3) is 0 Å². The predicted molar refractivity (Wildman–Crippen MR) is 81.1 cm³/mol. The molecule has 2 heterocycles. The number of carbonyl (C=O) groups excluding carboxylic acids is 2. The van der Waals surface area contributed by atoms with Crippen LogP contribution in [-0.4, -0.2) is 26.6 Å². The van der Waals surface area contributed by atoms with Gasteiger partial charge in [0.05, 0.1) is 12.1 Å². The van der Waals surface area contributed by atoms with Crippen LogP contribution in [0.2, 0.25) is 0 Å². The first-order chi connectivity index (χ1) is 9.94. The molecular weight excluding hydrogens is 290 g/mol. The van der Waals surface area contributed by atoms with Crippen LogP contribution in [-0.2, 0) is 23.1 Å². The van der Waals surface area contributed by atoms with Crippen LogP contribution >= 0.6 is 11.3 Å². The Bertz CT molecular complexity index is 647. The van der Waals surface area contributed by atoms with Gasteiger partial charge in [0.1, 0.15) is 0 Å². The van der Waals surface area contributed by atoms with Crippen LogP contribution in [0.3, 0.4) is 0 Å². The number of anilines is 2. The smallest absolute Gasteiger partial charge is 0.231 e. The van der Waals surface area contributed by atoms with Crippen LogP contribution in [0.1, 0.15) is 19.5 Å². The first-order valence-electron chi connectivity index (χ1n) is 6.49. The summed E-state index contributed by atoms with van der Waals surface area (Å²) in [5, 5.41) is 11.7. The zero-order valence-corrected chi connectivity index (χ0v) is 12.9. The summed E-state index contributed by atoms with van der Waals surface area (Å²) in [7, 11) is 1.78. The van der Waals surface area contributed by atoms with E-state index < -0.39 is 0 Å². The minimum absolute atomic E-state index is 0.0890. The molecule has 0 bridgehead atoms. The summed E-state index contributed by atoms with van der Waals surface area (Å²) in [6.45, 7) is 3.62. The summed E-state index contributed by atoms with van der Waals surface area (Å²) < 4.78 is 1.61. The second kappa shape index (κ2) is 6.49. The highest BCUT2D eigenvalue weighted by atomic mass is 32.1. The third-order valence-electron chi connectivity index (χ3n) is 2.63. The molecule has 7 nitrogen and oxygen atoms in total. The Hall–Kier alpha value is -2.22. The number of hydrogen-bond donors (Lipinski definition) is 2. The van der Waals surface area contributed by atoms with Gasteiger partial charge < -0.3 is 10.6 Å². The highest BCUT2D eigenvalue weighted by molar-refractivity contribution is 7.13. The third kappa shape index (κ3) is 4.38. The highest BCUT2D eigenvalue weighted by Crippen LogP contribution is 2.17. The molecule has 0 fully saturated rings. The molecule has 2 amide bonds. The van der Waals surface area contributed by atoms with E-state index in [0.29, 0.717) is 16.6 Å². The number of nitrogens with zero attached hydrogens (tertiary/aromatic N) is 3. The number of nitrogens with one attached hydrogen (secondary N) is 2. The third-order valence-corrected chi connectivity index (χ3v) is 3.44. The van der Waals surface area contributed by atoms with E-state index in [1.165, 1.54) is 11.3 Å². The first-order valence-corrected chi connectivity index (χ1v) is 7.37.